The number of allylic oxidation sites excluding steroid dienone is 1. The zero-order valence-corrected chi connectivity index (χ0v) is 15.7. The second-order valence-corrected chi connectivity index (χ2v) is 6.20. The standard InChI is InChI=1S/C22H18FN3O2/c1-14-21(15(2)26(25-14)19-9-7-18(23)8-10-19)12-17(13-24)22(27)16-5-4-6-20(11-16)28-3/h4-12H,1-3H3/b17-12+. The third-order valence-electron chi connectivity index (χ3n) is 4.40. The summed E-state index contributed by atoms with van der Waals surface area (Å²) < 4.78 is 20.0. The first kappa shape index (κ1) is 19.1. The van der Waals surface area contributed by atoms with E-state index in [-0.39, 0.29) is 11.4 Å². The van der Waals surface area contributed by atoms with Crippen molar-refractivity contribution in [3.05, 3.63) is 82.4 Å². The first-order chi connectivity index (χ1) is 13.4. The van der Waals surface area contributed by atoms with Gasteiger partial charge in [-0.1, -0.05) is 12.1 Å². The number of ether oxygens (including phenoxy) is 1. The maximum absolute atomic E-state index is 13.2. The fraction of sp³-hybridized carbons (Fsp3) is 0.136. The van der Waals surface area contributed by atoms with E-state index in [1.165, 1.54) is 19.2 Å². The van der Waals surface area contributed by atoms with Crippen LogP contribution < -0.4 is 4.74 Å². The van der Waals surface area contributed by atoms with Crippen LogP contribution in [-0.2, 0) is 0 Å². The Balaban J connectivity index is 2.02. The normalized spacial score (nSPS) is 11.2. The number of carbonyl (C=O) groups excluding carboxylic acids is 1. The number of ketones is 1. The van der Waals surface area contributed by atoms with E-state index in [1.807, 2.05) is 13.0 Å². The fourth-order valence-electron chi connectivity index (χ4n) is 2.91. The third-order valence-corrected chi connectivity index (χ3v) is 4.40. The summed E-state index contributed by atoms with van der Waals surface area (Å²) in [6.45, 7) is 3.63. The Hall–Kier alpha value is -3.72. The van der Waals surface area contributed by atoms with Gasteiger partial charge in [-0.15, -0.1) is 0 Å². The average Bonchev–Trinajstić information content (AvgIpc) is 3.00. The van der Waals surface area contributed by atoms with Crippen molar-refractivity contribution in [2.45, 2.75) is 13.8 Å². The molecule has 0 fully saturated rings. The molecular formula is C22H18FN3O2. The van der Waals surface area contributed by atoms with Crippen molar-refractivity contribution in [3.8, 4) is 17.5 Å². The van der Waals surface area contributed by atoms with Gasteiger partial charge in [0.1, 0.15) is 23.2 Å². The van der Waals surface area contributed by atoms with Crippen LogP contribution >= 0.6 is 0 Å². The van der Waals surface area contributed by atoms with Crippen LogP contribution in [0.1, 0.15) is 27.3 Å². The molecule has 0 radical (unpaired) electrons. The van der Waals surface area contributed by atoms with Gasteiger partial charge in [0.25, 0.3) is 0 Å². The number of hydrogen-bond acceptors (Lipinski definition) is 4. The molecule has 2 aromatic carbocycles. The highest BCUT2D eigenvalue weighted by atomic mass is 19.1. The van der Waals surface area contributed by atoms with E-state index in [2.05, 4.69) is 5.10 Å². The highest BCUT2D eigenvalue weighted by molar-refractivity contribution is 6.14. The van der Waals surface area contributed by atoms with Gasteiger partial charge in [-0.3, -0.25) is 4.79 Å². The minimum absolute atomic E-state index is 0.00175. The van der Waals surface area contributed by atoms with E-state index in [1.54, 1.807) is 54.1 Å². The van der Waals surface area contributed by atoms with Crippen LogP contribution in [0.4, 0.5) is 4.39 Å². The van der Waals surface area contributed by atoms with E-state index in [0.29, 0.717) is 28.3 Å². The number of methoxy groups -OCH3 is 1. The molecule has 0 unspecified atom stereocenters. The largest absolute Gasteiger partial charge is 0.497 e. The van der Waals surface area contributed by atoms with Gasteiger partial charge in [-0.05, 0) is 56.3 Å². The molecule has 0 saturated heterocycles. The van der Waals surface area contributed by atoms with Gasteiger partial charge in [0.15, 0.2) is 0 Å². The number of aromatic nitrogens is 2. The summed E-state index contributed by atoms with van der Waals surface area (Å²) in [5.74, 6) is -0.185. The Labute approximate surface area is 162 Å². The van der Waals surface area contributed by atoms with Gasteiger partial charge in [-0.25, -0.2) is 9.07 Å². The lowest BCUT2D eigenvalue weighted by Crippen LogP contribution is -2.03. The fourth-order valence-corrected chi connectivity index (χ4v) is 2.91. The van der Waals surface area contributed by atoms with Gasteiger partial charge in [0, 0.05) is 16.8 Å². The second kappa shape index (κ2) is 7.89. The monoisotopic (exact) mass is 375 g/mol. The number of halogens is 1. The van der Waals surface area contributed by atoms with Crippen molar-refractivity contribution in [2.24, 2.45) is 0 Å². The topological polar surface area (TPSA) is 67.9 Å². The molecule has 5 nitrogen and oxygen atoms in total. The van der Waals surface area contributed by atoms with Crippen LogP contribution in [-0.4, -0.2) is 22.7 Å². The van der Waals surface area contributed by atoms with Crippen LogP contribution in [0, 0.1) is 31.0 Å². The molecular weight excluding hydrogens is 357 g/mol. The maximum atomic E-state index is 13.2. The lowest BCUT2D eigenvalue weighted by Gasteiger charge is -2.05. The van der Waals surface area contributed by atoms with E-state index < -0.39 is 5.78 Å². The van der Waals surface area contributed by atoms with Gasteiger partial charge in [0.05, 0.1) is 18.5 Å². The molecule has 1 heterocycles. The first-order valence-corrected chi connectivity index (χ1v) is 8.57. The Morgan fingerprint density at radius 1 is 1.21 bits per heavy atom. The molecule has 0 aliphatic carbocycles. The van der Waals surface area contributed by atoms with E-state index >= 15 is 0 Å². The molecule has 0 saturated carbocycles. The van der Waals surface area contributed by atoms with Gasteiger partial charge >= 0.3 is 0 Å². The van der Waals surface area contributed by atoms with Gasteiger partial charge < -0.3 is 4.74 Å². The molecule has 0 aliphatic heterocycles. The quantitative estimate of drug-likeness (QED) is 0.376. The Bertz CT molecular complexity index is 1110. The number of nitriles is 1. The summed E-state index contributed by atoms with van der Waals surface area (Å²) in [6, 6.07) is 14.6. The molecule has 140 valence electrons. The zero-order valence-electron chi connectivity index (χ0n) is 15.7. The summed E-state index contributed by atoms with van der Waals surface area (Å²) in [7, 11) is 1.52. The average molecular weight is 375 g/mol. The molecule has 1 aromatic heterocycles. The van der Waals surface area contributed by atoms with E-state index in [9.17, 15) is 14.4 Å². The lowest BCUT2D eigenvalue weighted by molar-refractivity contribution is 0.103. The minimum Gasteiger partial charge on any atom is -0.497 e. The lowest BCUT2D eigenvalue weighted by atomic mass is 10.0. The Morgan fingerprint density at radius 2 is 1.93 bits per heavy atom. The smallest absolute Gasteiger partial charge is 0.203 e. The summed E-state index contributed by atoms with van der Waals surface area (Å²) in [5.41, 5.74) is 3.14. The zero-order chi connectivity index (χ0) is 20.3. The van der Waals surface area contributed by atoms with Crippen LogP contribution in [0.5, 0.6) is 5.75 Å². The van der Waals surface area contributed by atoms with Gasteiger partial charge in [-0.2, -0.15) is 10.4 Å². The molecule has 3 rings (SSSR count). The third kappa shape index (κ3) is 3.69. The highest BCUT2D eigenvalue weighted by Gasteiger charge is 2.17. The van der Waals surface area contributed by atoms with Gasteiger partial charge in [0.2, 0.25) is 5.78 Å². The molecule has 0 amide bonds. The Kier molecular flexibility index (Phi) is 5.37. The number of nitrogens with zero attached hydrogens (tertiary/aromatic N) is 3. The number of carbonyl (C=O) groups is 1. The number of rotatable bonds is 5. The summed E-state index contributed by atoms with van der Waals surface area (Å²) in [4.78, 5) is 12.8. The number of benzene rings is 2. The van der Waals surface area contributed by atoms with Crippen molar-refractivity contribution in [3.63, 3.8) is 0 Å². The molecule has 0 bridgehead atoms. The summed E-state index contributed by atoms with van der Waals surface area (Å²) in [6.07, 6.45) is 1.54. The predicted molar refractivity (Wildman–Crippen MR) is 104 cm³/mol. The molecule has 0 atom stereocenters. The van der Waals surface area contributed by atoms with Crippen LogP contribution in [0.3, 0.4) is 0 Å². The number of Topliss-reactive ketones (excluding diaryl/α,β-unsaturated/α-hetero) is 1. The van der Waals surface area contributed by atoms with Crippen molar-refractivity contribution in [2.75, 3.05) is 7.11 Å². The second-order valence-electron chi connectivity index (χ2n) is 6.20. The van der Waals surface area contributed by atoms with Crippen molar-refractivity contribution < 1.29 is 13.9 Å². The molecule has 0 aliphatic rings. The molecule has 3 aromatic rings. The molecule has 0 spiro atoms. The molecule has 6 heteroatoms. The van der Waals surface area contributed by atoms with Crippen LogP contribution in [0.15, 0.2) is 54.1 Å². The SMILES string of the molecule is COc1cccc(C(=O)/C(C#N)=C/c2c(C)nn(-c3ccc(F)cc3)c2C)c1. The van der Waals surface area contributed by atoms with E-state index in [4.69, 9.17) is 4.74 Å². The number of hydrogen-bond donors (Lipinski definition) is 0. The predicted octanol–water partition coefficient (Wildman–Crippen LogP) is 4.43. The van der Waals surface area contributed by atoms with Crippen molar-refractivity contribution in [1.82, 2.24) is 9.78 Å². The number of aryl methyl sites for hydroxylation is 1. The minimum atomic E-state index is -0.394. The summed E-state index contributed by atoms with van der Waals surface area (Å²) >= 11 is 0. The van der Waals surface area contributed by atoms with E-state index in [0.717, 1.165) is 5.69 Å². The van der Waals surface area contributed by atoms with Crippen LogP contribution in [0.25, 0.3) is 11.8 Å². The Morgan fingerprint density at radius 3 is 2.57 bits per heavy atom. The highest BCUT2D eigenvalue weighted by Crippen LogP contribution is 2.23. The molecule has 28 heavy (non-hydrogen) atoms. The first-order valence-electron chi connectivity index (χ1n) is 8.57. The summed E-state index contributed by atoms with van der Waals surface area (Å²) in [5, 5.41) is 14.0. The van der Waals surface area contributed by atoms with Crippen molar-refractivity contribution in [1.29, 1.82) is 5.26 Å². The maximum Gasteiger partial charge on any atom is 0.203 e. The molecule has 0 N–H and O–H groups in total. The van der Waals surface area contributed by atoms with Crippen LogP contribution in [0.2, 0.25) is 0 Å². The van der Waals surface area contributed by atoms with Crippen molar-refractivity contribution >= 4 is 11.9 Å².